The number of hydrogen-bond donors (Lipinski definition) is 1. The second-order valence-electron chi connectivity index (χ2n) is 7.52. The smallest absolute Gasteiger partial charge is 0.0247 e. The molecule has 0 amide bonds. The van der Waals surface area contributed by atoms with Crippen LogP contribution in [0, 0.1) is 5.92 Å². The van der Waals surface area contributed by atoms with Gasteiger partial charge >= 0.3 is 0 Å². The van der Waals surface area contributed by atoms with Crippen molar-refractivity contribution in [3.05, 3.63) is 0 Å². The summed E-state index contributed by atoms with van der Waals surface area (Å²) in [5, 5.41) is 0. The summed E-state index contributed by atoms with van der Waals surface area (Å²) >= 11 is 0. The van der Waals surface area contributed by atoms with Crippen LogP contribution in [0.5, 0.6) is 0 Å². The molecule has 2 fully saturated rings. The lowest BCUT2D eigenvalue weighted by Gasteiger charge is -2.39. The average Bonchev–Trinajstić information content (AvgIpc) is 2.43. The maximum absolute atomic E-state index is 6.63. The van der Waals surface area contributed by atoms with Gasteiger partial charge in [0.2, 0.25) is 0 Å². The number of nitrogens with zero attached hydrogens (tertiary/aromatic N) is 1. The van der Waals surface area contributed by atoms with Crippen molar-refractivity contribution in [1.29, 1.82) is 0 Å². The third kappa shape index (κ3) is 5.90. The van der Waals surface area contributed by atoms with Crippen molar-refractivity contribution in [2.45, 2.75) is 102 Å². The van der Waals surface area contributed by atoms with Crippen molar-refractivity contribution in [2.24, 2.45) is 11.7 Å². The molecule has 0 aliphatic heterocycles. The van der Waals surface area contributed by atoms with Gasteiger partial charge < -0.3 is 5.73 Å². The van der Waals surface area contributed by atoms with E-state index in [1.165, 1.54) is 96.6 Å². The van der Waals surface area contributed by atoms with Crippen molar-refractivity contribution in [1.82, 2.24) is 4.90 Å². The highest BCUT2D eigenvalue weighted by Gasteiger charge is 2.27. The van der Waals surface area contributed by atoms with Crippen molar-refractivity contribution < 1.29 is 0 Å². The minimum Gasteiger partial charge on any atom is -0.326 e. The maximum Gasteiger partial charge on any atom is 0.0247 e. The van der Waals surface area contributed by atoms with Gasteiger partial charge in [-0.3, -0.25) is 4.90 Å². The molecule has 0 spiro atoms. The summed E-state index contributed by atoms with van der Waals surface area (Å²) in [5.74, 6) is 0.971. The first-order valence-electron chi connectivity index (χ1n) is 9.81. The maximum atomic E-state index is 6.63. The van der Waals surface area contributed by atoms with Gasteiger partial charge in [-0.15, -0.1) is 0 Å². The number of nitrogens with two attached hydrogens (primary N) is 1. The van der Waals surface area contributed by atoms with Crippen LogP contribution in [0.1, 0.15) is 90.4 Å². The van der Waals surface area contributed by atoms with E-state index in [0.29, 0.717) is 12.1 Å². The van der Waals surface area contributed by atoms with Gasteiger partial charge in [-0.25, -0.2) is 0 Å². The standard InChI is InChI=1S/C19H38N2/c1-2-21(16-17-12-11-13-17)19-15-10-8-6-4-3-5-7-9-14-18(19)20/h17-19H,2-16,20H2,1H3. The van der Waals surface area contributed by atoms with E-state index in [0.717, 1.165) is 5.92 Å². The number of hydrogen-bond acceptors (Lipinski definition) is 2. The van der Waals surface area contributed by atoms with E-state index in [1.54, 1.807) is 0 Å². The Morgan fingerprint density at radius 3 is 1.86 bits per heavy atom. The molecule has 0 heterocycles. The molecule has 2 saturated carbocycles. The largest absolute Gasteiger partial charge is 0.326 e. The van der Waals surface area contributed by atoms with Gasteiger partial charge in [0.1, 0.15) is 0 Å². The lowest BCUT2D eigenvalue weighted by Crippen LogP contribution is -2.50. The van der Waals surface area contributed by atoms with E-state index in [2.05, 4.69) is 11.8 Å². The SMILES string of the molecule is CCN(CC1CCC1)C1CCCCCCCCCCC1N. The molecule has 2 heteroatoms. The fraction of sp³-hybridized carbons (Fsp3) is 1.00. The van der Waals surface area contributed by atoms with Gasteiger partial charge in [-0.2, -0.15) is 0 Å². The zero-order valence-corrected chi connectivity index (χ0v) is 14.4. The monoisotopic (exact) mass is 294 g/mol. The summed E-state index contributed by atoms with van der Waals surface area (Å²) < 4.78 is 0. The Morgan fingerprint density at radius 1 is 0.762 bits per heavy atom. The minimum absolute atomic E-state index is 0.407. The van der Waals surface area contributed by atoms with Crippen LogP contribution in [0.2, 0.25) is 0 Å². The van der Waals surface area contributed by atoms with Crippen LogP contribution in [0.15, 0.2) is 0 Å². The minimum atomic E-state index is 0.407. The summed E-state index contributed by atoms with van der Waals surface area (Å²) in [6, 6.07) is 1.06. The molecular formula is C19H38N2. The molecule has 2 aliphatic rings. The molecule has 2 rings (SSSR count). The highest BCUT2D eigenvalue weighted by atomic mass is 15.2. The summed E-state index contributed by atoms with van der Waals surface area (Å²) in [4.78, 5) is 2.74. The summed E-state index contributed by atoms with van der Waals surface area (Å²) in [7, 11) is 0. The van der Waals surface area contributed by atoms with E-state index in [4.69, 9.17) is 5.73 Å². The summed E-state index contributed by atoms with van der Waals surface area (Å²) in [6.07, 6.45) is 18.3. The zero-order valence-electron chi connectivity index (χ0n) is 14.4. The fourth-order valence-electron chi connectivity index (χ4n) is 4.16. The fourth-order valence-corrected chi connectivity index (χ4v) is 4.16. The Kier molecular flexibility index (Phi) is 8.10. The lowest BCUT2D eigenvalue weighted by molar-refractivity contribution is 0.111. The lowest BCUT2D eigenvalue weighted by atomic mass is 9.84. The van der Waals surface area contributed by atoms with E-state index >= 15 is 0 Å². The first-order valence-corrected chi connectivity index (χ1v) is 9.81. The molecule has 0 aromatic rings. The van der Waals surface area contributed by atoms with Gasteiger partial charge in [0.15, 0.2) is 0 Å². The predicted octanol–water partition coefficient (Wildman–Crippen LogP) is 4.72. The molecule has 2 nitrogen and oxygen atoms in total. The zero-order chi connectivity index (χ0) is 14.9. The Balaban J connectivity index is 1.88. The van der Waals surface area contributed by atoms with Crippen LogP contribution in [0.25, 0.3) is 0 Å². The Morgan fingerprint density at radius 2 is 1.33 bits per heavy atom. The first kappa shape index (κ1) is 17.3. The molecule has 124 valence electrons. The third-order valence-corrected chi connectivity index (χ3v) is 5.87. The molecule has 0 radical (unpaired) electrons. The van der Waals surface area contributed by atoms with Crippen LogP contribution in [-0.4, -0.2) is 30.1 Å². The summed E-state index contributed by atoms with van der Waals surface area (Å²) in [5.41, 5.74) is 6.63. The highest BCUT2D eigenvalue weighted by Crippen LogP contribution is 2.29. The quantitative estimate of drug-likeness (QED) is 0.813. The van der Waals surface area contributed by atoms with Crippen molar-refractivity contribution in [3.8, 4) is 0 Å². The molecule has 0 aromatic carbocycles. The normalized spacial score (nSPS) is 30.4. The van der Waals surface area contributed by atoms with Gasteiger partial charge in [0.25, 0.3) is 0 Å². The van der Waals surface area contributed by atoms with E-state index in [-0.39, 0.29) is 0 Å². The predicted molar refractivity (Wildman–Crippen MR) is 92.5 cm³/mol. The third-order valence-electron chi connectivity index (χ3n) is 5.87. The van der Waals surface area contributed by atoms with Crippen molar-refractivity contribution in [3.63, 3.8) is 0 Å². The first-order chi connectivity index (χ1) is 10.3. The Bertz CT molecular complexity index is 262. The van der Waals surface area contributed by atoms with Crippen LogP contribution < -0.4 is 5.73 Å². The van der Waals surface area contributed by atoms with Gasteiger partial charge in [-0.1, -0.05) is 64.7 Å². The second-order valence-corrected chi connectivity index (χ2v) is 7.52. The van der Waals surface area contributed by atoms with Gasteiger partial charge in [-0.05, 0) is 38.1 Å². The highest BCUT2D eigenvalue weighted by molar-refractivity contribution is 4.85. The summed E-state index contributed by atoms with van der Waals surface area (Å²) in [6.45, 7) is 4.84. The molecule has 21 heavy (non-hydrogen) atoms. The van der Waals surface area contributed by atoms with E-state index < -0.39 is 0 Å². The molecule has 2 unspecified atom stereocenters. The molecule has 0 aromatic heterocycles. The van der Waals surface area contributed by atoms with Crippen LogP contribution in [0.3, 0.4) is 0 Å². The Hall–Kier alpha value is -0.0800. The number of rotatable bonds is 4. The van der Waals surface area contributed by atoms with Crippen LogP contribution in [0.4, 0.5) is 0 Å². The van der Waals surface area contributed by atoms with E-state index in [9.17, 15) is 0 Å². The van der Waals surface area contributed by atoms with Crippen LogP contribution in [-0.2, 0) is 0 Å². The van der Waals surface area contributed by atoms with Gasteiger partial charge in [0, 0.05) is 18.6 Å². The second kappa shape index (κ2) is 9.84. The molecule has 2 aliphatic carbocycles. The van der Waals surface area contributed by atoms with Gasteiger partial charge in [0.05, 0.1) is 0 Å². The van der Waals surface area contributed by atoms with E-state index in [1.807, 2.05) is 0 Å². The molecule has 2 atom stereocenters. The van der Waals surface area contributed by atoms with Crippen LogP contribution >= 0.6 is 0 Å². The average molecular weight is 295 g/mol. The molecule has 2 N–H and O–H groups in total. The molecule has 0 bridgehead atoms. The Labute approximate surface area is 132 Å². The molecule has 0 saturated heterocycles. The number of likely N-dealkylation sites (N-methyl/N-ethyl adjacent to an activating group) is 1. The topological polar surface area (TPSA) is 29.3 Å². The van der Waals surface area contributed by atoms with Crippen molar-refractivity contribution >= 4 is 0 Å². The molecular weight excluding hydrogens is 256 g/mol. The van der Waals surface area contributed by atoms with Crippen molar-refractivity contribution in [2.75, 3.05) is 13.1 Å².